The minimum atomic E-state index is 0.733. The molecule has 1 N–H and O–H groups in total. The van der Waals surface area contributed by atoms with Crippen LogP contribution in [0.25, 0.3) is 0 Å². The van der Waals surface area contributed by atoms with Crippen LogP contribution in [0.1, 0.15) is 51.1 Å². The van der Waals surface area contributed by atoms with Crippen molar-refractivity contribution in [3.05, 3.63) is 18.2 Å². The molecule has 0 aromatic carbocycles. The van der Waals surface area contributed by atoms with Crippen molar-refractivity contribution in [2.45, 2.75) is 58.0 Å². The van der Waals surface area contributed by atoms with E-state index in [1.165, 1.54) is 44.2 Å². The third kappa shape index (κ3) is 3.32. The molecule has 0 amide bonds. The Kier molecular flexibility index (Phi) is 4.60. The molecule has 96 valence electrons. The molecule has 1 fully saturated rings. The normalized spacial score (nSPS) is 24.4. The number of unbranched alkanes of at least 4 members (excludes halogenated alkanes) is 1. The molecule has 2 unspecified atom stereocenters. The second kappa shape index (κ2) is 6.20. The Morgan fingerprint density at radius 1 is 1.47 bits per heavy atom. The molecule has 0 spiro atoms. The van der Waals surface area contributed by atoms with Gasteiger partial charge in [-0.05, 0) is 25.2 Å². The Bertz CT molecular complexity index is 332. The van der Waals surface area contributed by atoms with Gasteiger partial charge in [-0.3, -0.25) is 0 Å². The van der Waals surface area contributed by atoms with E-state index in [-0.39, 0.29) is 0 Å². The molecule has 1 aromatic heterocycles. The SMILES string of the molecule is CCCCC1CCCC1NCc1cncn1C. The summed E-state index contributed by atoms with van der Waals surface area (Å²) in [6.07, 6.45) is 12.1. The maximum Gasteiger partial charge on any atom is 0.0945 e. The predicted octanol–water partition coefficient (Wildman–Crippen LogP) is 2.87. The highest BCUT2D eigenvalue weighted by Gasteiger charge is 2.26. The van der Waals surface area contributed by atoms with E-state index in [1.54, 1.807) is 0 Å². The van der Waals surface area contributed by atoms with Gasteiger partial charge in [-0.2, -0.15) is 0 Å². The molecule has 2 rings (SSSR count). The second-order valence-corrected chi connectivity index (χ2v) is 5.32. The number of nitrogens with zero attached hydrogens (tertiary/aromatic N) is 2. The highest BCUT2D eigenvalue weighted by molar-refractivity contribution is 4.98. The van der Waals surface area contributed by atoms with Crippen molar-refractivity contribution in [1.82, 2.24) is 14.9 Å². The van der Waals surface area contributed by atoms with Crippen LogP contribution in [0, 0.1) is 5.92 Å². The van der Waals surface area contributed by atoms with Gasteiger partial charge in [0.2, 0.25) is 0 Å². The lowest BCUT2D eigenvalue weighted by molar-refractivity contribution is 0.366. The number of hydrogen-bond acceptors (Lipinski definition) is 2. The predicted molar refractivity (Wildman–Crippen MR) is 70.7 cm³/mol. The van der Waals surface area contributed by atoms with E-state index < -0.39 is 0 Å². The fraction of sp³-hybridized carbons (Fsp3) is 0.786. The molecule has 1 aliphatic rings. The summed E-state index contributed by atoms with van der Waals surface area (Å²) in [4.78, 5) is 4.16. The van der Waals surface area contributed by atoms with Crippen molar-refractivity contribution < 1.29 is 0 Å². The Hall–Kier alpha value is -0.830. The Balaban J connectivity index is 1.80. The van der Waals surface area contributed by atoms with E-state index >= 15 is 0 Å². The highest BCUT2D eigenvalue weighted by atomic mass is 15.1. The summed E-state index contributed by atoms with van der Waals surface area (Å²) in [5, 5.41) is 3.72. The average molecular weight is 235 g/mol. The number of rotatable bonds is 6. The number of aromatic nitrogens is 2. The first-order chi connectivity index (χ1) is 8.31. The molecule has 0 aliphatic heterocycles. The molecule has 2 atom stereocenters. The summed E-state index contributed by atoms with van der Waals surface area (Å²) in [7, 11) is 2.06. The van der Waals surface area contributed by atoms with E-state index in [0.29, 0.717) is 0 Å². The minimum absolute atomic E-state index is 0.733. The maximum absolute atomic E-state index is 4.16. The fourth-order valence-corrected chi connectivity index (χ4v) is 2.91. The first-order valence-corrected chi connectivity index (χ1v) is 7.00. The molecular formula is C14H25N3. The first-order valence-electron chi connectivity index (χ1n) is 7.00. The van der Waals surface area contributed by atoms with Gasteiger partial charge in [0.05, 0.1) is 12.0 Å². The number of aryl methyl sites for hydroxylation is 1. The molecule has 0 saturated heterocycles. The zero-order valence-electron chi connectivity index (χ0n) is 11.2. The summed E-state index contributed by atoms with van der Waals surface area (Å²) in [5.74, 6) is 0.906. The van der Waals surface area contributed by atoms with E-state index in [1.807, 2.05) is 12.5 Å². The average Bonchev–Trinajstić information content (AvgIpc) is 2.93. The zero-order chi connectivity index (χ0) is 12.1. The minimum Gasteiger partial charge on any atom is -0.337 e. The monoisotopic (exact) mass is 235 g/mol. The quantitative estimate of drug-likeness (QED) is 0.821. The smallest absolute Gasteiger partial charge is 0.0945 e. The van der Waals surface area contributed by atoms with Crippen LogP contribution in [-0.2, 0) is 13.6 Å². The van der Waals surface area contributed by atoms with E-state index in [0.717, 1.165) is 18.5 Å². The van der Waals surface area contributed by atoms with Crippen molar-refractivity contribution in [2.24, 2.45) is 13.0 Å². The van der Waals surface area contributed by atoms with E-state index in [4.69, 9.17) is 0 Å². The van der Waals surface area contributed by atoms with Gasteiger partial charge in [0, 0.05) is 25.8 Å². The molecule has 1 aromatic rings. The zero-order valence-corrected chi connectivity index (χ0v) is 11.2. The molecule has 1 aliphatic carbocycles. The van der Waals surface area contributed by atoms with Crippen molar-refractivity contribution in [2.75, 3.05) is 0 Å². The lowest BCUT2D eigenvalue weighted by Crippen LogP contribution is -2.32. The molecule has 0 radical (unpaired) electrons. The largest absolute Gasteiger partial charge is 0.337 e. The van der Waals surface area contributed by atoms with Crippen LogP contribution < -0.4 is 5.32 Å². The Morgan fingerprint density at radius 3 is 3.06 bits per heavy atom. The first kappa shape index (κ1) is 12.6. The standard InChI is InChI=1S/C14H25N3/c1-3-4-6-12-7-5-8-14(12)16-10-13-9-15-11-17(13)2/h9,11-12,14,16H,3-8,10H2,1-2H3. The molecule has 1 saturated carbocycles. The van der Waals surface area contributed by atoms with Gasteiger partial charge in [0.15, 0.2) is 0 Å². The van der Waals surface area contributed by atoms with Gasteiger partial charge in [0.25, 0.3) is 0 Å². The molecule has 3 nitrogen and oxygen atoms in total. The van der Waals surface area contributed by atoms with Gasteiger partial charge in [-0.25, -0.2) is 4.98 Å². The van der Waals surface area contributed by atoms with Gasteiger partial charge in [0.1, 0.15) is 0 Å². The molecule has 3 heteroatoms. The lowest BCUT2D eigenvalue weighted by Gasteiger charge is -2.21. The van der Waals surface area contributed by atoms with E-state index in [9.17, 15) is 0 Å². The van der Waals surface area contributed by atoms with Crippen LogP contribution in [0.2, 0.25) is 0 Å². The van der Waals surface area contributed by atoms with Gasteiger partial charge in [-0.1, -0.05) is 26.2 Å². The van der Waals surface area contributed by atoms with Crippen molar-refractivity contribution >= 4 is 0 Å². The van der Waals surface area contributed by atoms with Crippen LogP contribution >= 0.6 is 0 Å². The van der Waals surface area contributed by atoms with E-state index in [2.05, 4.69) is 28.8 Å². The Labute approximate surface area is 105 Å². The third-order valence-electron chi connectivity index (χ3n) is 4.05. The summed E-state index contributed by atoms with van der Waals surface area (Å²) in [5.41, 5.74) is 1.28. The summed E-state index contributed by atoms with van der Waals surface area (Å²) < 4.78 is 2.10. The second-order valence-electron chi connectivity index (χ2n) is 5.32. The number of nitrogens with one attached hydrogen (secondary N) is 1. The van der Waals surface area contributed by atoms with Crippen LogP contribution in [0.5, 0.6) is 0 Å². The molecule has 17 heavy (non-hydrogen) atoms. The topological polar surface area (TPSA) is 29.9 Å². The van der Waals surface area contributed by atoms with Crippen LogP contribution in [0.3, 0.4) is 0 Å². The van der Waals surface area contributed by atoms with Crippen molar-refractivity contribution in [1.29, 1.82) is 0 Å². The van der Waals surface area contributed by atoms with Crippen molar-refractivity contribution in [3.63, 3.8) is 0 Å². The number of imidazole rings is 1. The lowest BCUT2D eigenvalue weighted by atomic mass is 9.97. The van der Waals surface area contributed by atoms with Crippen LogP contribution in [0.15, 0.2) is 12.5 Å². The molecular weight excluding hydrogens is 210 g/mol. The molecule has 1 heterocycles. The fourth-order valence-electron chi connectivity index (χ4n) is 2.91. The van der Waals surface area contributed by atoms with Crippen LogP contribution in [-0.4, -0.2) is 15.6 Å². The van der Waals surface area contributed by atoms with Gasteiger partial charge >= 0.3 is 0 Å². The summed E-state index contributed by atoms with van der Waals surface area (Å²) >= 11 is 0. The number of hydrogen-bond donors (Lipinski definition) is 1. The van der Waals surface area contributed by atoms with Crippen LogP contribution in [0.4, 0.5) is 0 Å². The van der Waals surface area contributed by atoms with Gasteiger partial charge < -0.3 is 9.88 Å². The summed E-state index contributed by atoms with van der Waals surface area (Å²) in [6, 6.07) is 0.733. The maximum atomic E-state index is 4.16. The Morgan fingerprint density at radius 2 is 2.35 bits per heavy atom. The molecule has 0 bridgehead atoms. The van der Waals surface area contributed by atoms with Crippen molar-refractivity contribution in [3.8, 4) is 0 Å². The third-order valence-corrected chi connectivity index (χ3v) is 4.05. The highest BCUT2D eigenvalue weighted by Crippen LogP contribution is 2.30. The van der Waals surface area contributed by atoms with Gasteiger partial charge in [-0.15, -0.1) is 0 Å². The summed E-state index contributed by atoms with van der Waals surface area (Å²) in [6.45, 7) is 3.25.